The van der Waals surface area contributed by atoms with E-state index in [9.17, 15) is 4.79 Å². The van der Waals surface area contributed by atoms with Crippen LogP contribution in [0.1, 0.15) is 34.8 Å². The lowest BCUT2D eigenvalue weighted by Gasteiger charge is -2.12. The first-order valence-corrected chi connectivity index (χ1v) is 10.5. The van der Waals surface area contributed by atoms with Crippen molar-refractivity contribution in [2.45, 2.75) is 26.2 Å². The quantitative estimate of drug-likeness (QED) is 0.314. The van der Waals surface area contributed by atoms with Gasteiger partial charge in [-0.25, -0.2) is 0 Å². The zero-order valence-electron chi connectivity index (χ0n) is 16.6. The van der Waals surface area contributed by atoms with Crippen LogP contribution in [0.4, 0.5) is 0 Å². The third-order valence-corrected chi connectivity index (χ3v) is 4.74. The summed E-state index contributed by atoms with van der Waals surface area (Å²) in [4.78, 5) is 16.4. The molecule has 0 aliphatic heterocycles. The van der Waals surface area contributed by atoms with Gasteiger partial charge < -0.3 is 16.0 Å². The summed E-state index contributed by atoms with van der Waals surface area (Å²) in [5.41, 5.74) is 3.13. The van der Waals surface area contributed by atoms with Gasteiger partial charge in [-0.2, -0.15) is 0 Å². The third kappa shape index (κ3) is 7.72. The highest BCUT2D eigenvalue weighted by molar-refractivity contribution is 9.10. The molecule has 0 spiro atoms. The largest absolute Gasteiger partial charge is 0.357 e. The Hall–Kier alpha value is -2.34. The van der Waals surface area contributed by atoms with Gasteiger partial charge in [-0.15, -0.1) is 0 Å². The van der Waals surface area contributed by atoms with Crippen molar-refractivity contribution in [1.29, 1.82) is 0 Å². The van der Waals surface area contributed by atoms with Crippen molar-refractivity contribution in [3.8, 4) is 0 Å². The van der Waals surface area contributed by atoms with Crippen molar-refractivity contribution in [2.24, 2.45) is 4.99 Å². The molecule has 2 rings (SSSR count). The van der Waals surface area contributed by atoms with Crippen LogP contribution in [-0.4, -0.2) is 38.5 Å². The average molecular weight is 445 g/mol. The zero-order chi connectivity index (χ0) is 20.2. The van der Waals surface area contributed by atoms with Crippen LogP contribution in [0.2, 0.25) is 0 Å². The van der Waals surface area contributed by atoms with Crippen LogP contribution >= 0.6 is 15.9 Å². The van der Waals surface area contributed by atoms with Gasteiger partial charge in [0.2, 0.25) is 0 Å². The number of carbonyl (C=O) groups excluding carboxylic acids is 1. The SMILES string of the molecule is CCNC(=NCCCc1cccc(Br)c1)NCCc1cccc(C(=O)NC)c1. The molecule has 2 aromatic rings. The summed E-state index contributed by atoms with van der Waals surface area (Å²) >= 11 is 3.51. The monoisotopic (exact) mass is 444 g/mol. The summed E-state index contributed by atoms with van der Waals surface area (Å²) in [5.74, 6) is 0.773. The first kappa shape index (κ1) is 22.0. The molecule has 0 saturated carbocycles. The van der Waals surface area contributed by atoms with Gasteiger partial charge in [-0.1, -0.05) is 40.2 Å². The number of nitrogens with zero attached hydrogens (tertiary/aromatic N) is 1. The molecular formula is C22H29BrN4O. The van der Waals surface area contributed by atoms with E-state index in [1.54, 1.807) is 7.05 Å². The molecule has 0 heterocycles. The highest BCUT2D eigenvalue weighted by Gasteiger charge is 2.04. The number of hydrogen-bond donors (Lipinski definition) is 3. The Kier molecular flexibility index (Phi) is 9.55. The van der Waals surface area contributed by atoms with Gasteiger partial charge in [0, 0.05) is 36.7 Å². The van der Waals surface area contributed by atoms with Gasteiger partial charge in [0.05, 0.1) is 0 Å². The molecule has 6 heteroatoms. The van der Waals surface area contributed by atoms with Gasteiger partial charge in [0.15, 0.2) is 5.96 Å². The topological polar surface area (TPSA) is 65.5 Å². The lowest BCUT2D eigenvalue weighted by molar-refractivity contribution is 0.0963. The van der Waals surface area contributed by atoms with E-state index in [2.05, 4.69) is 62.0 Å². The first-order valence-electron chi connectivity index (χ1n) is 9.70. The fourth-order valence-corrected chi connectivity index (χ4v) is 3.29. The Balaban J connectivity index is 1.80. The van der Waals surface area contributed by atoms with Gasteiger partial charge in [0.1, 0.15) is 0 Å². The molecule has 0 aromatic heterocycles. The summed E-state index contributed by atoms with van der Waals surface area (Å²) in [6, 6.07) is 16.1. The van der Waals surface area contributed by atoms with E-state index in [4.69, 9.17) is 0 Å². The molecule has 0 atom stereocenters. The molecule has 3 N–H and O–H groups in total. The van der Waals surface area contributed by atoms with Crippen LogP contribution in [0, 0.1) is 0 Å². The van der Waals surface area contributed by atoms with Gasteiger partial charge in [-0.05, 0) is 61.6 Å². The van der Waals surface area contributed by atoms with Crippen LogP contribution in [-0.2, 0) is 12.8 Å². The van der Waals surface area contributed by atoms with Crippen LogP contribution < -0.4 is 16.0 Å². The number of hydrogen-bond acceptors (Lipinski definition) is 2. The van der Waals surface area contributed by atoms with E-state index < -0.39 is 0 Å². The van der Waals surface area contributed by atoms with Crippen LogP contribution in [0.15, 0.2) is 58.0 Å². The molecule has 2 aromatic carbocycles. The Morgan fingerprint density at radius 1 is 1.04 bits per heavy atom. The van der Waals surface area contributed by atoms with E-state index in [-0.39, 0.29) is 5.91 Å². The number of nitrogens with one attached hydrogen (secondary N) is 3. The Bertz CT molecular complexity index is 792. The van der Waals surface area contributed by atoms with Gasteiger partial charge >= 0.3 is 0 Å². The molecule has 0 fully saturated rings. The van der Waals surface area contributed by atoms with Crippen molar-refractivity contribution < 1.29 is 4.79 Å². The Morgan fingerprint density at radius 2 is 1.79 bits per heavy atom. The molecular weight excluding hydrogens is 416 g/mol. The minimum Gasteiger partial charge on any atom is -0.357 e. The number of aryl methyl sites for hydroxylation is 1. The van der Waals surface area contributed by atoms with Crippen LogP contribution in [0.3, 0.4) is 0 Å². The van der Waals surface area contributed by atoms with Crippen LogP contribution in [0.5, 0.6) is 0 Å². The molecule has 0 saturated heterocycles. The van der Waals surface area contributed by atoms with E-state index >= 15 is 0 Å². The van der Waals surface area contributed by atoms with Crippen molar-refractivity contribution in [3.63, 3.8) is 0 Å². The number of aliphatic imine (C=N–C) groups is 1. The average Bonchev–Trinajstić information content (AvgIpc) is 2.71. The lowest BCUT2D eigenvalue weighted by Crippen LogP contribution is -2.38. The minimum atomic E-state index is -0.0600. The van der Waals surface area contributed by atoms with Gasteiger partial charge in [-0.3, -0.25) is 9.79 Å². The summed E-state index contributed by atoms with van der Waals surface area (Å²) in [7, 11) is 1.65. The predicted octanol–water partition coefficient (Wildman–Crippen LogP) is 3.54. The molecule has 0 radical (unpaired) electrons. The van der Waals surface area contributed by atoms with Crippen molar-refractivity contribution in [2.75, 3.05) is 26.7 Å². The normalized spacial score (nSPS) is 11.2. The van der Waals surface area contributed by atoms with E-state index in [0.29, 0.717) is 5.56 Å². The second-order valence-corrected chi connectivity index (χ2v) is 7.37. The maximum atomic E-state index is 11.7. The fraction of sp³-hybridized carbons (Fsp3) is 0.364. The zero-order valence-corrected chi connectivity index (χ0v) is 18.2. The first-order chi connectivity index (χ1) is 13.6. The molecule has 28 heavy (non-hydrogen) atoms. The second kappa shape index (κ2) is 12.2. The highest BCUT2D eigenvalue weighted by atomic mass is 79.9. The molecule has 1 amide bonds. The Labute approximate surface area is 176 Å². The molecule has 150 valence electrons. The number of amides is 1. The molecule has 0 aliphatic rings. The smallest absolute Gasteiger partial charge is 0.251 e. The van der Waals surface area contributed by atoms with Gasteiger partial charge in [0.25, 0.3) is 5.91 Å². The molecule has 0 bridgehead atoms. The summed E-state index contributed by atoms with van der Waals surface area (Å²) in [6.07, 6.45) is 2.84. The third-order valence-electron chi connectivity index (χ3n) is 4.25. The summed E-state index contributed by atoms with van der Waals surface area (Å²) in [5, 5.41) is 9.31. The molecule has 0 unspecified atom stereocenters. The number of halogens is 1. The van der Waals surface area contributed by atoms with Crippen molar-refractivity contribution in [1.82, 2.24) is 16.0 Å². The maximum Gasteiger partial charge on any atom is 0.251 e. The van der Waals surface area contributed by atoms with E-state index in [1.807, 2.05) is 30.3 Å². The summed E-state index contributed by atoms with van der Waals surface area (Å²) in [6.45, 7) is 4.41. The number of guanidine groups is 1. The fourth-order valence-electron chi connectivity index (χ4n) is 2.85. The number of benzene rings is 2. The molecule has 0 aliphatic carbocycles. The van der Waals surface area contributed by atoms with E-state index in [0.717, 1.165) is 54.9 Å². The number of rotatable bonds is 9. The van der Waals surface area contributed by atoms with E-state index in [1.165, 1.54) is 5.56 Å². The standard InChI is InChI=1S/C22H29BrN4O/c1-3-25-22(26-13-6-9-17-8-5-11-20(23)16-17)27-14-12-18-7-4-10-19(15-18)21(28)24-2/h4-5,7-8,10-11,15-16H,3,6,9,12-14H2,1-2H3,(H,24,28)(H2,25,26,27). The van der Waals surface area contributed by atoms with Crippen LogP contribution in [0.25, 0.3) is 0 Å². The lowest BCUT2D eigenvalue weighted by atomic mass is 10.1. The second-order valence-electron chi connectivity index (χ2n) is 6.45. The maximum absolute atomic E-state index is 11.7. The van der Waals surface area contributed by atoms with Crippen molar-refractivity contribution in [3.05, 3.63) is 69.7 Å². The predicted molar refractivity (Wildman–Crippen MR) is 120 cm³/mol. The van der Waals surface area contributed by atoms with Crippen molar-refractivity contribution >= 4 is 27.8 Å². The summed E-state index contributed by atoms with van der Waals surface area (Å²) < 4.78 is 1.11. The minimum absolute atomic E-state index is 0.0600. The molecule has 5 nitrogen and oxygen atoms in total. The number of carbonyl (C=O) groups is 1. The Morgan fingerprint density at radius 3 is 2.50 bits per heavy atom. The highest BCUT2D eigenvalue weighted by Crippen LogP contribution is 2.13.